The molecule has 1 aromatic carbocycles. The highest BCUT2D eigenvalue weighted by Gasteiger charge is 2.38. The molecule has 1 atom stereocenters. The van der Waals surface area contributed by atoms with Crippen LogP contribution in [-0.4, -0.2) is 18.9 Å². The predicted molar refractivity (Wildman–Crippen MR) is 72.2 cm³/mol. The number of hydrogen-bond acceptors (Lipinski definition) is 4. The fraction of sp³-hybridized carbons (Fsp3) is 0.143. The van der Waals surface area contributed by atoms with Crippen molar-refractivity contribution in [1.29, 1.82) is 0 Å². The van der Waals surface area contributed by atoms with Gasteiger partial charge in [0, 0.05) is 10.7 Å². The van der Waals surface area contributed by atoms with Crippen molar-refractivity contribution >= 4 is 29.4 Å². The molecule has 1 aliphatic heterocycles. The summed E-state index contributed by atoms with van der Waals surface area (Å²) in [6, 6.07) is 7.00. The van der Waals surface area contributed by atoms with E-state index in [0.717, 1.165) is 5.56 Å². The number of ketones is 1. The zero-order chi connectivity index (χ0) is 14.0. The summed E-state index contributed by atoms with van der Waals surface area (Å²) < 4.78 is 4.58. The van der Waals surface area contributed by atoms with E-state index in [2.05, 4.69) is 16.6 Å². The maximum atomic E-state index is 12.1. The molecule has 0 radical (unpaired) electrons. The van der Waals surface area contributed by atoms with Crippen LogP contribution in [0.3, 0.4) is 0 Å². The maximum Gasteiger partial charge on any atom is 0.322 e. The molecule has 0 aliphatic carbocycles. The topological polar surface area (TPSA) is 55.4 Å². The molecule has 2 rings (SSSR count). The predicted octanol–water partition coefficient (Wildman–Crippen LogP) is 2.16. The number of methoxy groups -OCH3 is 1. The lowest BCUT2D eigenvalue weighted by Gasteiger charge is -2.03. The second-order valence-corrected chi connectivity index (χ2v) is 4.52. The highest BCUT2D eigenvalue weighted by Crippen LogP contribution is 2.24. The Balaban J connectivity index is 2.28. The first-order valence-electron chi connectivity index (χ1n) is 5.58. The number of ether oxygens (including phenoxy) is 1. The molecule has 1 aromatic rings. The van der Waals surface area contributed by atoms with Crippen LogP contribution in [0.4, 0.5) is 0 Å². The second-order valence-electron chi connectivity index (χ2n) is 4.08. The Morgan fingerprint density at radius 2 is 2.05 bits per heavy atom. The van der Waals surface area contributed by atoms with Crippen molar-refractivity contribution < 1.29 is 14.3 Å². The minimum absolute atomic E-state index is 0.322. The summed E-state index contributed by atoms with van der Waals surface area (Å²) >= 11 is 5.79. The summed E-state index contributed by atoms with van der Waals surface area (Å²) in [6.07, 6.45) is 1.65. The number of carbonyl (C=O) groups is 2. The first kappa shape index (κ1) is 13.4. The average molecular weight is 278 g/mol. The van der Waals surface area contributed by atoms with Crippen LogP contribution in [-0.2, 0) is 14.3 Å². The molecular weight excluding hydrogens is 266 g/mol. The van der Waals surface area contributed by atoms with Crippen molar-refractivity contribution in [3.63, 3.8) is 0 Å². The number of carbonyl (C=O) groups excluding carboxylic acids is 2. The van der Waals surface area contributed by atoms with Gasteiger partial charge in [0.25, 0.3) is 0 Å². The van der Waals surface area contributed by atoms with Crippen molar-refractivity contribution in [1.82, 2.24) is 5.32 Å². The van der Waals surface area contributed by atoms with Crippen molar-refractivity contribution in [3.8, 4) is 0 Å². The lowest BCUT2D eigenvalue weighted by atomic mass is 10.0. The van der Waals surface area contributed by atoms with Crippen LogP contribution in [0.15, 0.2) is 42.2 Å². The van der Waals surface area contributed by atoms with E-state index >= 15 is 0 Å². The lowest BCUT2D eigenvalue weighted by molar-refractivity contribution is -0.146. The Hall–Kier alpha value is -2.07. The van der Waals surface area contributed by atoms with E-state index in [0.29, 0.717) is 16.4 Å². The van der Waals surface area contributed by atoms with Gasteiger partial charge in [-0.2, -0.15) is 0 Å². The van der Waals surface area contributed by atoms with Gasteiger partial charge in [-0.1, -0.05) is 30.3 Å². The molecule has 0 aromatic heterocycles. The molecule has 1 fully saturated rings. The molecule has 19 heavy (non-hydrogen) atoms. The van der Waals surface area contributed by atoms with E-state index in [1.807, 2.05) is 0 Å². The first-order valence-corrected chi connectivity index (χ1v) is 5.96. The Morgan fingerprint density at radius 3 is 2.63 bits per heavy atom. The maximum absolute atomic E-state index is 12.1. The zero-order valence-corrected chi connectivity index (χ0v) is 11.0. The number of benzene rings is 1. The number of rotatable bonds is 2. The van der Waals surface area contributed by atoms with Gasteiger partial charge in [-0.05, 0) is 23.8 Å². The number of halogens is 1. The molecule has 1 unspecified atom stereocenters. The highest BCUT2D eigenvalue weighted by molar-refractivity contribution is 6.30. The van der Waals surface area contributed by atoms with Gasteiger partial charge >= 0.3 is 5.97 Å². The number of hydrogen-bond donors (Lipinski definition) is 1. The van der Waals surface area contributed by atoms with E-state index in [9.17, 15) is 9.59 Å². The minimum atomic E-state index is -0.969. The number of esters is 1. The molecule has 1 N–H and O–H groups in total. The van der Waals surface area contributed by atoms with Crippen LogP contribution in [0.1, 0.15) is 5.56 Å². The largest absolute Gasteiger partial charge is 0.468 e. The summed E-state index contributed by atoms with van der Waals surface area (Å²) in [5.41, 5.74) is 1.46. The Bertz CT molecular complexity index is 575. The lowest BCUT2D eigenvalue weighted by Crippen LogP contribution is -2.21. The number of allylic oxidation sites excluding steroid dienone is 1. The minimum Gasteiger partial charge on any atom is -0.468 e. The van der Waals surface area contributed by atoms with E-state index in [1.54, 1.807) is 30.3 Å². The van der Waals surface area contributed by atoms with Crippen LogP contribution >= 0.6 is 11.6 Å². The monoisotopic (exact) mass is 277 g/mol. The molecular formula is C14H12ClNO3. The van der Waals surface area contributed by atoms with Gasteiger partial charge in [-0.15, -0.1) is 0 Å². The smallest absolute Gasteiger partial charge is 0.322 e. The van der Waals surface area contributed by atoms with Gasteiger partial charge in [0.05, 0.1) is 12.8 Å². The summed E-state index contributed by atoms with van der Waals surface area (Å²) in [5.74, 6) is -1.92. The fourth-order valence-corrected chi connectivity index (χ4v) is 1.95. The fourth-order valence-electron chi connectivity index (χ4n) is 1.82. The van der Waals surface area contributed by atoms with Gasteiger partial charge in [0.2, 0.25) is 0 Å². The number of Topliss-reactive ketones (excluding diaryl/α,β-unsaturated/α-hetero) is 1. The van der Waals surface area contributed by atoms with Crippen LogP contribution in [0.25, 0.3) is 6.08 Å². The summed E-state index contributed by atoms with van der Waals surface area (Å²) in [7, 11) is 1.24. The van der Waals surface area contributed by atoms with E-state index in [-0.39, 0.29) is 5.78 Å². The molecule has 5 heteroatoms. The molecule has 0 spiro atoms. The zero-order valence-electron chi connectivity index (χ0n) is 10.3. The SMILES string of the molecule is C=C1NC(=Cc2ccc(Cl)cc2)C(=O)C1C(=O)OC. The van der Waals surface area contributed by atoms with Crippen molar-refractivity contribution in [3.05, 3.63) is 52.8 Å². The van der Waals surface area contributed by atoms with Gasteiger partial charge < -0.3 is 10.1 Å². The van der Waals surface area contributed by atoms with Crippen LogP contribution < -0.4 is 5.32 Å². The molecule has 1 saturated heterocycles. The van der Waals surface area contributed by atoms with Crippen molar-refractivity contribution in [2.75, 3.05) is 7.11 Å². The molecule has 0 amide bonds. The average Bonchev–Trinajstić information content (AvgIpc) is 2.66. The summed E-state index contributed by atoms with van der Waals surface area (Å²) in [4.78, 5) is 23.6. The second kappa shape index (κ2) is 5.28. The van der Waals surface area contributed by atoms with E-state index < -0.39 is 11.9 Å². The standard InChI is InChI=1S/C14H12ClNO3/c1-8-12(14(18)19-2)13(17)11(16-8)7-9-3-5-10(15)6-4-9/h3-7,12,16H,1H2,2H3. The highest BCUT2D eigenvalue weighted by atomic mass is 35.5. The van der Waals surface area contributed by atoms with Crippen molar-refractivity contribution in [2.24, 2.45) is 5.92 Å². The molecule has 1 heterocycles. The Morgan fingerprint density at radius 1 is 1.42 bits per heavy atom. The molecule has 0 saturated carbocycles. The molecule has 0 bridgehead atoms. The van der Waals surface area contributed by atoms with E-state index in [4.69, 9.17) is 11.6 Å². The van der Waals surface area contributed by atoms with Crippen LogP contribution in [0.2, 0.25) is 5.02 Å². The van der Waals surface area contributed by atoms with Gasteiger partial charge in [0.1, 0.15) is 0 Å². The van der Waals surface area contributed by atoms with Crippen molar-refractivity contribution in [2.45, 2.75) is 0 Å². The van der Waals surface area contributed by atoms with E-state index in [1.165, 1.54) is 7.11 Å². The number of nitrogens with one attached hydrogen (secondary N) is 1. The summed E-state index contributed by atoms with van der Waals surface area (Å²) in [5, 5.41) is 3.43. The molecule has 4 nitrogen and oxygen atoms in total. The quantitative estimate of drug-likeness (QED) is 0.511. The third kappa shape index (κ3) is 2.69. The Labute approximate surface area is 115 Å². The third-order valence-corrected chi connectivity index (χ3v) is 3.04. The summed E-state index contributed by atoms with van der Waals surface area (Å²) in [6.45, 7) is 3.67. The van der Waals surface area contributed by atoms with Gasteiger partial charge in [-0.25, -0.2) is 0 Å². The third-order valence-electron chi connectivity index (χ3n) is 2.79. The van der Waals surface area contributed by atoms with Crippen LogP contribution in [0.5, 0.6) is 0 Å². The van der Waals surface area contributed by atoms with Gasteiger partial charge in [-0.3, -0.25) is 9.59 Å². The normalized spacial score (nSPS) is 20.5. The first-order chi connectivity index (χ1) is 9.02. The Kier molecular flexibility index (Phi) is 3.71. The molecule has 98 valence electrons. The van der Waals surface area contributed by atoms with Crippen LogP contribution in [0, 0.1) is 5.92 Å². The molecule has 1 aliphatic rings. The van der Waals surface area contributed by atoms with Gasteiger partial charge in [0.15, 0.2) is 11.7 Å².